The van der Waals surface area contributed by atoms with Crippen LogP contribution in [0.4, 0.5) is 5.69 Å². The van der Waals surface area contributed by atoms with E-state index in [1.807, 2.05) is 42.5 Å². The lowest BCUT2D eigenvalue weighted by molar-refractivity contribution is 0.0652. The van der Waals surface area contributed by atoms with Gasteiger partial charge in [0, 0.05) is 18.8 Å². The third-order valence-corrected chi connectivity index (χ3v) is 3.58. The van der Waals surface area contributed by atoms with Crippen LogP contribution in [0.3, 0.4) is 0 Å². The van der Waals surface area contributed by atoms with Crippen molar-refractivity contribution in [3.63, 3.8) is 0 Å². The fourth-order valence-corrected chi connectivity index (χ4v) is 2.21. The molecule has 1 unspecified atom stereocenters. The Bertz CT molecular complexity index is 627. The van der Waals surface area contributed by atoms with E-state index in [9.17, 15) is 0 Å². The molecule has 1 atom stereocenters. The smallest absolute Gasteiger partial charge is 0.193 e. The third kappa shape index (κ3) is 5.93. The summed E-state index contributed by atoms with van der Waals surface area (Å²) in [4.78, 5) is 4.30. The highest BCUT2D eigenvalue weighted by Crippen LogP contribution is 2.16. The van der Waals surface area contributed by atoms with Crippen LogP contribution >= 0.6 is 0 Å². The van der Waals surface area contributed by atoms with Crippen molar-refractivity contribution in [1.29, 1.82) is 0 Å². The average molecular weight is 327 g/mol. The minimum atomic E-state index is 0.0879. The van der Waals surface area contributed by atoms with Crippen LogP contribution in [0, 0.1) is 0 Å². The minimum absolute atomic E-state index is 0.0879. The van der Waals surface area contributed by atoms with Gasteiger partial charge in [0.1, 0.15) is 5.75 Å². The molecule has 0 spiro atoms. The van der Waals surface area contributed by atoms with Gasteiger partial charge in [-0.3, -0.25) is 4.99 Å². The molecule has 2 aromatic rings. The first kappa shape index (κ1) is 17.8. The summed E-state index contributed by atoms with van der Waals surface area (Å²) in [5, 5.41) is 3.05. The van der Waals surface area contributed by atoms with Crippen molar-refractivity contribution < 1.29 is 9.47 Å². The van der Waals surface area contributed by atoms with Gasteiger partial charge in [-0.15, -0.1) is 0 Å². The summed E-state index contributed by atoms with van der Waals surface area (Å²) >= 11 is 0. The van der Waals surface area contributed by atoms with Crippen molar-refractivity contribution >= 4 is 11.6 Å². The van der Waals surface area contributed by atoms with Crippen LogP contribution in [0.2, 0.25) is 0 Å². The van der Waals surface area contributed by atoms with Gasteiger partial charge in [0.05, 0.1) is 13.2 Å². The number of nitrogens with one attached hydrogen (secondary N) is 1. The van der Waals surface area contributed by atoms with Gasteiger partial charge in [0.25, 0.3) is 0 Å². The van der Waals surface area contributed by atoms with Crippen LogP contribution in [-0.4, -0.2) is 26.2 Å². The van der Waals surface area contributed by atoms with Gasteiger partial charge in [0.15, 0.2) is 5.96 Å². The summed E-state index contributed by atoms with van der Waals surface area (Å²) in [5.41, 5.74) is 7.94. The van der Waals surface area contributed by atoms with Gasteiger partial charge >= 0.3 is 0 Å². The SMILES string of the molecule is COc1ccc(NC(N)=NCCCOC(C)c2ccccc2)cc1. The fraction of sp³-hybridized carbons (Fsp3) is 0.316. The second-order valence-electron chi connectivity index (χ2n) is 5.40. The number of anilines is 1. The standard InChI is InChI=1S/C19H25N3O2/c1-15(16-7-4-3-5-8-16)24-14-6-13-21-19(20)22-17-9-11-18(23-2)12-10-17/h3-5,7-12,15H,6,13-14H2,1-2H3,(H3,20,21,22). The van der Waals surface area contributed by atoms with E-state index in [0.29, 0.717) is 19.1 Å². The quantitative estimate of drug-likeness (QED) is 0.442. The monoisotopic (exact) mass is 327 g/mol. The summed E-state index contributed by atoms with van der Waals surface area (Å²) in [6.07, 6.45) is 0.910. The summed E-state index contributed by atoms with van der Waals surface area (Å²) in [6, 6.07) is 17.7. The topological polar surface area (TPSA) is 68.9 Å². The number of hydrogen-bond acceptors (Lipinski definition) is 3. The highest BCUT2D eigenvalue weighted by atomic mass is 16.5. The van der Waals surface area contributed by atoms with Gasteiger partial charge in [-0.05, 0) is 43.2 Å². The molecular weight excluding hydrogens is 302 g/mol. The molecule has 0 aliphatic rings. The van der Waals surface area contributed by atoms with Crippen molar-refractivity contribution in [3.05, 3.63) is 60.2 Å². The second-order valence-corrected chi connectivity index (χ2v) is 5.40. The number of nitrogens with zero attached hydrogens (tertiary/aromatic N) is 1. The Morgan fingerprint density at radius 3 is 2.50 bits per heavy atom. The maximum Gasteiger partial charge on any atom is 0.193 e. The number of methoxy groups -OCH3 is 1. The molecule has 0 bridgehead atoms. The molecule has 0 aliphatic carbocycles. The number of ether oxygens (including phenoxy) is 2. The molecule has 5 heteroatoms. The lowest BCUT2D eigenvalue weighted by atomic mass is 10.1. The molecule has 0 saturated heterocycles. The molecule has 0 radical (unpaired) electrons. The first-order valence-electron chi connectivity index (χ1n) is 8.06. The van der Waals surface area contributed by atoms with Gasteiger partial charge in [-0.25, -0.2) is 0 Å². The van der Waals surface area contributed by atoms with Gasteiger partial charge < -0.3 is 20.5 Å². The molecule has 0 fully saturated rings. The predicted molar refractivity (Wildman–Crippen MR) is 98.5 cm³/mol. The Balaban J connectivity index is 1.67. The van der Waals surface area contributed by atoms with E-state index in [1.165, 1.54) is 5.56 Å². The van der Waals surface area contributed by atoms with E-state index in [4.69, 9.17) is 15.2 Å². The fourth-order valence-electron chi connectivity index (χ4n) is 2.21. The van der Waals surface area contributed by atoms with E-state index < -0.39 is 0 Å². The molecule has 0 heterocycles. The molecule has 2 rings (SSSR count). The van der Waals surface area contributed by atoms with E-state index in [2.05, 4.69) is 29.4 Å². The van der Waals surface area contributed by atoms with E-state index in [-0.39, 0.29) is 6.10 Å². The van der Waals surface area contributed by atoms with E-state index in [1.54, 1.807) is 7.11 Å². The van der Waals surface area contributed by atoms with Crippen LogP contribution in [0.25, 0.3) is 0 Å². The number of guanidine groups is 1. The number of hydrogen-bond donors (Lipinski definition) is 2. The van der Waals surface area contributed by atoms with Gasteiger partial charge in [-0.1, -0.05) is 30.3 Å². The van der Waals surface area contributed by atoms with Crippen LogP contribution in [0.5, 0.6) is 5.75 Å². The molecule has 0 aromatic heterocycles. The Morgan fingerprint density at radius 2 is 1.83 bits per heavy atom. The van der Waals surface area contributed by atoms with Crippen LogP contribution < -0.4 is 15.8 Å². The average Bonchev–Trinajstić information content (AvgIpc) is 2.62. The number of aliphatic imine (C=N–C) groups is 1. The highest BCUT2D eigenvalue weighted by Gasteiger charge is 2.04. The lowest BCUT2D eigenvalue weighted by Crippen LogP contribution is -2.23. The Morgan fingerprint density at radius 1 is 1.12 bits per heavy atom. The Labute approximate surface area is 143 Å². The largest absolute Gasteiger partial charge is 0.497 e. The Kier molecular flexibility index (Phi) is 7.11. The van der Waals surface area contributed by atoms with Crippen LogP contribution in [0.15, 0.2) is 59.6 Å². The van der Waals surface area contributed by atoms with Gasteiger partial charge in [0.2, 0.25) is 0 Å². The predicted octanol–water partition coefficient (Wildman–Crippen LogP) is 3.59. The minimum Gasteiger partial charge on any atom is -0.497 e. The second kappa shape index (κ2) is 9.57. The van der Waals surface area contributed by atoms with Crippen molar-refractivity contribution in [3.8, 4) is 5.75 Å². The lowest BCUT2D eigenvalue weighted by Gasteiger charge is -2.12. The summed E-state index contributed by atoms with van der Waals surface area (Å²) in [7, 11) is 1.64. The molecular formula is C19H25N3O2. The van der Waals surface area contributed by atoms with E-state index in [0.717, 1.165) is 17.9 Å². The highest BCUT2D eigenvalue weighted by molar-refractivity contribution is 5.92. The normalized spacial score (nSPS) is 12.7. The van der Waals surface area contributed by atoms with Crippen molar-refractivity contribution in [2.24, 2.45) is 10.7 Å². The first-order valence-corrected chi connectivity index (χ1v) is 8.06. The zero-order chi connectivity index (χ0) is 17.2. The van der Waals surface area contributed by atoms with Crippen LogP contribution in [-0.2, 0) is 4.74 Å². The zero-order valence-corrected chi connectivity index (χ0v) is 14.2. The zero-order valence-electron chi connectivity index (χ0n) is 14.2. The van der Waals surface area contributed by atoms with E-state index >= 15 is 0 Å². The van der Waals surface area contributed by atoms with Crippen molar-refractivity contribution in [2.45, 2.75) is 19.4 Å². The molecule has 0 aliphatic heterocycles. The first-order chi connectivity index (χ1) is 11.7. The van der Waals surface area contributed by atoms with Gasteiger partial charge in [-0.2, -0.15) is 0 Å². The molecule has 24 heavy (non-hydrogen) atoms. The number of nitrogens with two attached hydrogens (primary N) is 1. The maximum absolute atomic E-state index is 5.88. The third-order valence-electron chi connectivity index (χ3n) is 3.58. The molecule has 0 saturated carbocycles. The van der Waals surface area contributed by atoms with Crippen LogP contribution in [0.1, 0.15) is 25.0 Å². The molecule has 128 valence electrons. The maximum atomic E-state index is 5.88. The van der Waals surface area contributed by atoms with Crippen molar-refractivity contribution in [2.75, 3.05) is 25.6 Å². The molecule has 2 aromatic carbocycles. The van der Waals surface area contributed by atoms with Crippen molar-refractivity contribution in [1.82, 2.24) is 0 Å². The molecule has 5 nitrogen and oxygen atoms in total. The summed E-state index contributed by atoms with van der Waals surface area (Å²) in [5.74, 6) is 1.21. The number of rotatable bonds is 8. The number of benzene rings is 2. The molecule has 3 N–H and O–H groups in total. The summed E-state index contributed by atoms with van der Waals surface area (Å²) < 4.78 is 10.9. The Hall–Kier alpha value is -2.53. The molecule has 0 amide bonds. The summed E-state index contributed by atoms with van der Waals surface area (Å²) in [6.45, 7) is 3.32.